The van der Waals surface area contributed by atoms with Crippen molar-refractivity contribution in [2.24, 2.45) is 0 Å². The van der Waals surface area contributed by atoms with Crippen LogP contribution in [0.4, 0.5) is 0 Å². The van der Waals surface area contributed by atoms with Gasteiger partial charge in [-0.3, -0.25) is 0 Å². The highest BCUT2D eigenvalue weighted by molar-refractivity contribution is 4.65. The molecule has 0 N–H and O–H groups in total. The summed E-state index contributed by atoms with van der Waals surface area (Å²) in [7, 11) is 1.80. The maximum Gasteiger partial charge on any atom is 0.0571 e. The van der Waals surface area contributed by atoms with Gasteiger partial charge in [0.15, 0.2) is 0 Å². The summed E-state index contributed by atoms with van der Waals surface area (Å²) in [6, 6.07) is 0. The molecule has 0 aromatic heterocycles. The lowest BCUT2D eigenvalue weighted by molar-refractivity contribution is 0.109. The van der Waals surface area contributed by atoms with E-state index in [1.54, 1.807) is 7.11 Å². The smallest absolute Gasteiger partial charge is 0.0571 e. The van der Waals surface area contributed by atoms with E-state index in [0.29, 0.717) is 6.10 Å². The second kappa shape index (κ2) is 7.37. The molecule has 2 fully saturated rings. The van der Waals surface area contributed by atoms with Gasteiger partial charge in [0.25, 0.3) is 0 Å². The Labute approximate surface area is 82.9 Å². The third kappa shape index (κ3) is 5.30. The highest BCUT2D eigenvalue weighted by Gasteiger charge is 2.12. The third-order valence-electron chi connectivity index (χ3n) is 3.14. The minimum atomic E-state index is 0.597. The maximum atomic E-state index is 5.11. The van der Waals surface area contributed by atoms with E-state index in [4.69, 9.17) is 4.74 Å². The van der Waals surface area contributed by atoms with Gasteiger partial charge in [0.1, 0.15) is 0 Å². The Bertz CT molecular complexity index is 90.2. The van der Waals surface area contributed by atoms with Crippen molar-refractivity contribution in [2.45, 2.75) is 70.3 Å². The van der Waals surface area contributed by atoms with Gasteiger partial charge in [-0.05, 0) is 12.8 Å². The summed E-state index contributed by atoms with van der Waals surface area (Å²) in [4.78, 5) is 0. The minimum Gasteiger partial charge on any atom is -0.381 e. The average Bonchev–Trinajstić information content (AvgIpc) is 2.74. The van der Waals surface area contributed by atoms with Gasteiger partial charge in [-0.1, -0.05) is 51.4 Å². The van der Waals surface area contributed by atoms with Crippen LogP contribution in [0.1, 0.15) is 64.2 Å². The first kappa shape index (κ1) is 11.0. The summed E-state index contributed by atoms with van der Waals surface area (Å²) in [5, 5.41) is 0. The van der Waals surface area contributed by atoms with Crippen molar-refractivity contribution in [3.63, 3.8) is 0 Å². The number of methoxy groups -OCH3 is 1. The topological polar surface area (TPSA) is 9.23 Å². The molecule has 2 rings (SSSR count). The molecule has 78 valence electrons. The van der Waals surface area contributed by atoms with Gasteiger partial charge in [-0.15, -0.1) is 0 Å². The molecule has 0 radical (unpaired) electrons. The summed E-state index contributed by atoms with van der Waals surface area (Å²) in [6.07, 6.45) is 14.9. The van der Waals surface area contributed by atoms with E-state index >= 15 is 0 Å². The van der Waals surface area contributed by atoms with Gasteiger partial charge in [-0.2, -0.15) is 0 Å². The van der Waals surface area contributed by atoms with Crippen LogP contribution in [0, 0.1) is 0 Å². The predicted octanol–water partition coefficient (Wildman–Crippen LogP) is 3.92. The zero-order valence-corrected chi connectivity index (χ0v) is 9.06. The van der Waals surface area contributed by atoms with Crippen molar-refractivity contribution in [1.82, 2.24) is 0 Å². The fraction of sp³-hybridized carbons (Fsp3) is 1.00. The Morgan fingerprint density at radius 1 is 0.692 bits per heavy atom. The predicted molar refractivity (Wildman–Crippen MR) is 57.0 cm³/mol. The molecule has 13 heavy (non-hydrogen) atoms. The first-order chi connectivity index (χ1) is 6.43. The Kier molecular flexibility index (Phi) is 6.26. The highest BCUT2D eigenvalue weighted by atomic mass is 16.5. The molecule has 0 unspecified atom stereocenters. The van der Waals surface area contributed by atoms with Crippen LogP contribution in [0.2, 0.25) is 0 Å². The molecule has 1 heteroatoms. The highest BCUT2D eigenvalue weighted by Crippen LogP contribution is 2.19. The zero-order valence-electron chi connectivity index (χ0n) is 9.06. The Morgan fingerprint density at radius 2 is 1.08 bits per heavy atom. The molecule has 0 atom stereocenters. The molecular formula is C12H24O. The van der Waals surface area contributed by atoms with E-state index < -0.39 is 0 Å². The molecule has 0 aliphatic heterocycles. The molecule has 0 aromatic rings. The number of hydrogen-bond donors (Lipinski definition) is 0. The van der Waals surface area contributed by atoms with E-state index in [1.165, 1.54) is 64.2 Å². The molecule has 2 aliphatic carbocycles. The summed E-state index contributed by atoms with van der Waals surface area (Å²) in [6.45, 7) is 0. The van der Waals surface area contributed by atoms with Crippen molar-refractivity contribution in [2.75, 3.05) is 7.11 Å². The van der Waals surface area contributed by atoms with E-state index in [9.17, 15) is 0 Å². The van der Waals surface area contributed by atoms with Gasteiger partial charge in [0, 0.05) is 7.11 Å². The SMILES string of the molecule is C1CCCCC1.COC1CCCC1. The van der Waals surface area contributed by atoms with Crippen molar-refractivity contribution in [3.05, 3.63) is 0 Å². The second-order valence-corrected chi connectivity index (χ2v) is 4.26. The molecule has 0 saturated heterocycles. The van der Waals surface area contributed by atoms with Gasteiger partial charge in [0.05, 0.1) is 6.10 Å². The van der Waals surface area contributed by atoms with Gasteiger partial charge in [-0.25, -0.2) is 0 Å². The van der Waals surface area contributed by atoms with Crippen LogP contribution >= 0.6 is 0 Å². The fourth-order valence-corrected chi connectivity index (χ4v) is 2.18. The van der Waals surface area contributed by atoms with Crippen LogP contribution in [-0.4, -0.2) is 13.2 Å². The van der Waals surface area contributed by atoms with Crippen molar-refractivity contribution in [1.29, 1.82) is 0 Å². The van der Waals surface area contributed by atoms with E-state index in [2.05, 4.69) is 0 Å². The Morgan fingerprint density at radius 3 is 1.31 bits per heavy atom. The normalized spacial score (nSPS) is 23.8. The zero-order chi connectivity index (χ0) is 9.36. The molecule has 0 amide bonds. The third-order valence-corrected chi connectivity index (χ3v) is 3.14. The standard InChI is InChI=1S/C6H12O.C6H12/c1-7-6-4-2-3-5-6;1-2-4-6-5-3-1/h6H,2-5H2,1H3;1-6H2. The average molecular weight is 184 g/mol. The minimum absolute atomic E-state index is 0.597. The monoisotopic (exact) mass is 184 g/mol. The van der Waals surface area contributed by atoms with E-state index in [-0.39, 0.29) is 0 Å². The van der Waals surface area contributed by atoms with Crippen molar-refractivity contribution < 1.29 is 4.74 Å². The lowest BCUT2D eigenvalue weighted by Gasteiger charge is -2.05. The first-order valence-electron chi connectivity index (χ1n) is 5.96. The Balaban J connectivity index is 0.000000132. The first-order valence-corrected chi connectivity index (χ1v) is 5.96. The largest absolute Gasteiger partial charge is 0.381 e. The summed E-state index contributed by atoms with van der Waals surface area (Å²) in [5.74, 6) is 0. The second-order valence-electron chi connectivity index (χ2n) is 4.26. The molecule has 0 spiro atoms. The lowest BCUT2D eigenvalue weighted by Crippen LogP contribution is -2.01. The molecule has 0 bridgehead atoms. The van der Waals surface area contributed by atoms with Gasteiger partial charge < -0.3 is 4.74 Å². The van der Waals surface area contributed by atoms with Crippen LogP contribution in [0.5, 0.6) is 0 Å². The molecule has 0 aromatic carbocycles. The molecule has 2 saturated carbocycles. The van der Waals surface area contributed by atoms with Crippen LogP contribution in [0.3, 0.4) is 0 Å². The number of rotatable bonds is 1. The molecular weight excluding hydrogens is 160 g/mol. The molecule has 1 nitrogen and oxygen atoms in total. The van der Waals surface area contributed by atoms with Crippen LogP contribution in [0.25, 0.3) is 0 Å². The fourth-order valence-electron chi connectivity index (χ4n) is 2.18. The van der Waals surface area contributed by atoms with Gasteiger partial charge >= 0.3 is 0 Å². The van der Waals surface area contributed by atoms with Crippen LogP contribution in [-0.2, 0) is 4.74 Å². The van der Waals surface area contributed by atoms with Crippen LogP contribution < -0.4 is 0 Å². The van der Waals surface area contributed by atoms with Crippen LogP contribution in [0.15, 0.2) is 0 Å². The van der Waals surface area contributed by atoms with E-state index in [0.717, 1.165) is 0 Å². The van der Waals surface area contributed by atoms with Gasteiger partial charge in [0.2, 0.25) is 0 Å². The summed E-state index contributed by atoms with van der Waals surface area (Å²) < 4.78 is 5.11. The lowest BCUT2D eigenvalue weighted by atomic mass is 10.0. The molecule has 2 aliphatic rings. The quantitative estimate of drug-likeness (QED) is 0.600. The Hall–Kier alpha value is -0.0400. The summed E-state index contributed by atoms with van der Waals surface area (Å²) >= 11 is 0. The van der Waals surface area contributed by atoms with E-state index in [1.807, 2.05) is 0 Å². The van der Waals surface area contributed by atoms with Crippen molar-refractivity contribution in [3.8, 4) is 0 Å². The van der Waals surface area contributed by atoms with Crippen molar-refractivity contribution >= 4 is 0 Å². The molecule has 0 heterocycles. The number of ether oxygens (including phenoxy) is 1. The number of hydrogen-bond acceptors (Lipinski definition) is 1. The maximum absolute atomic E-state index is 5.11. The summed E-state index contributed by atoms with van der Waals surface area (Å²) in [5.41, 5.74) is 0.